The van der Waals surface area contributed by atoms with Crippen molar-refractivity contribution in [2.24, 2.45) is 11.3 Å². The number of hydrogen-bond acceptors (Lipinski definition) is 9. The van der Waals surface area contributed by atoms with E-state index in [9.17, 15) is 9.59 Å². The van der Waals surface area contributed by atoms with E-state index in [2.05, 4.69) is 30.7 Å². The van der Waals surface area contributed by atoms with E-state index in [1.165, 1.54) is 0 Å². The lowest BCUT2D eigenvalue weighted by Crippen LogP contribution is -2.57. The summed E-state index contributed by atoms with van der Waals surface area (Å²) >= 11 is 3.31. The first-order valence-electron chi connectivity index (χ1n) is 15.9. The number of hydrogen-bond donors (Lipinski definition) is 0. The van der Waals surface area contributed by atoms with Crippen LogP contribution in [0.15, 0.2) is 16.6 Å². The molecular formula is C32H43BrFN5O5. The lowest BCUT2D eigenvalue weighted by molar-refractivity contribution is -0.149. The molecule has 1 saturated carbocycles. The Balaban J connectivity index is 1.16. The predicted octanol–water partition coefficient (Wildman–Crippen LogP) is 5.55. The normalized spacial score (nSPS) is 23.6. The van der Waals surface area contributed by atoms with Crippen molar-refractivity contribution in [1.82, 2.24) is 19.8 Å². The quantitative estimate of drug-likeness (QED) is 0.334. The van der Waals surface area contributed by atoms with Crippen LogP contribution in [0.4, 0.5) is 15.0 Å². The maximum absolute atomic E-state index is 15.4. The number of halogens is 2. The molecule has 1 aliphatic carbocycles. The lowest BCUT2D eigenvalue weighted by atomic mass is 9.95. The number of amides is 1. The van der Waals surface area contributed by atoms with Crippen LogP contribution in [0.2, 0.25) is 0 Å². The summed E-state index contributed by atoms with van der Waals surface area (Å²) in [7, 11) is 0. The molecule has 2 aromatic rings. The second-order valence-electron chi connectivity index (χ2n) is 13.9. The van der Waals surface area contributed by atoms with Gasteiger partial charge in [-0.3, -0.25) is 9.69 Å². The molecule has 0 N–H and O–H groups in total. The Labute approximate surface area is 266 Å². The number of rotatable bonds is 8. The largest absolute Gasteiger partial charge is 0.466 e. The highest BCUT2D eigenvalue weighted by Gasteiger charge is 2.47. The zero-order chi connectivity index (χ0) is 31.2. The maximum atomic E-state index is 15.4. The van der Waals surface area contributed by atoms with Crippen molar-refractivity contribution in [3.8, 4) is 6.01 Å². The average molecular weight is 677 g/mol. The molecule has 2 atom stereocenters. The second kappa shape index (κ2) is 12.2. The molecule has 240 valence electrons. The van der Waals surface area contributed by atoms with Gasteiger partial charge < -0.3 is 24.0 Å². The maximum Gasteiger partial charge on any atom is 0.410 e. The average Bonchev–Trinajstić information content (AvgIpc) is 3.69. The van der Waals surface area contributed by atoms with Gasteiger partial charge >= 0.3 is 18.1 Å². The molecule has 2 bridgehead atoms. The smallest absolute Gasteiger partial charge is 0.410 e. The summed E-state index contributed by atoms with van der Waals surface area (Å²) < 4.78 is 33.0. The van der Waals surface area contributed by atoms with Crippen molar-refractivity contribution in [2.75, 3.05) is 50.8 Å². The van der Waals surface area contributed by atoms with E-state index in [1.54, 1.807) is 6.07 Å². The molecule has 3 saturated heterocycles. The van der Waals surface area contributed by atoms with Crippen molar-refractivity contribution >= 4 is 44.7 Å². The molecule has 1 aromatic carbocycles. The molecule has 10 nitrogen and oxygen atoms in total. The fourth-order valence-electron chi connectivity index (χ4n) is 6.90. The van der Waals surface area contributed by atoms with Crippen LogP contribution in [0, 0.1) is 17.2 Å². The fourth-order valence-corrected chi connectivity index (χ4v) is 7.22. The van der Waals surface area contributed by atoms with Gasteiger partial charge in [0.1, 0.15) is 16.9 Å². The summed E-state index contributed by atoms with van der Waals surface area (Å²) in [4.78, 5) is 41.0. The minimum atomic E-state index is -0.564. The number of carbonyl (C=O) groups excluding carboxylic acids is 2. The lowest BCUT2D eigenvalue weighted by Gasteiger charge is -2.42. The highest BCUT2D eigenvalue weighted by atomic mass is 79.9. The van der Waals surface area contributed by atoms with Gasteiger partial charge in [0.2, 0.25) is 0 Å². The number of esters is 1. The summed E-state index contributed by atoms with van der Waals surface area (Å²) in [6, 6.07) is 3.66. The van der Waals surface area contributed by atoms with Crippen molar-refractivity contribution < 1.29 is 28.2 Å². The molecule has 1 aromatic heterocycles. The molecular weight excluding hydrogens is 633 g/mol. The first-order chi connectivity index (χ1) is 20.9. The van der Waals surface area contributed by atoms with Crippen molar-refractivity contribution in [2.45, 2.75) is 83.9 Å². The minimum Gasteiger partial charge on any atom is -0.466 e. The van der Waals surface area contributed by atoms with Gasteiger partial charge in [0.05, 0.1) is 35.7 Å². The standard InChI is InChI=1S/C32H43BrFN5O5/c1-5-42-28(40)20-10-14-37(15-11-20)18-32(12-13-32)19-43-29-35-26-23(8-9-24(33)25(26)34)27(36-29)38-16-21-6-7-22(17-38)39(21)30(41)44-31(2,3)4/h8-9,20-22H,5-7,10-19H2,1-4H3. The predicted molar refractivity (Wildman–Crippen MR) is 167 cm³/mol. The Morgan fingerprint density at radius 2 is 1.75 bits per heavy atom. The Hall–Kier alpha value is -2.73. The Morgan fingerprint density at radius 1 is 1.07 bits per heavy atom. The van der Waals surface area contributed by atoms with E-state index in [0.29, 0.717) is 42.0 Å². The van der Waals surface area contributed by atoms with Crippen molar-refractivity contribution in [1.29, 1.82) is 0 Å². The van der Waals surface area contributed by atoms with Gasteiger partial charge in [-0.1, -0.05) is 0 Å². The van der Waals surface area contributed by atoms with Crippen LogP contribution in [-0.4, -0.2) is 95.5 Å². The summed E-state index contributed by atoms with van der Waals surface area (Å²) in [5.41, 5.74) is -0.346. The first kappa shape index (κ1) is 31.3. The first-order valence-corrected chi connectivity index (χ1v) is 16.7. The van der Waals surface area contributed by atoms with E-state index in [4.69, 9.17) is 19.2 Å². The molecule has 12 heteroatoms. The number of fused-ring (bicyclic) bond motifs is 3. The molecule has 44 heavy (non-hydrogen) atoms. The van der Waals surface area contributed by atoms with Gasteiger partial charge in [0, 0.05) is 30.4 Å². The SMILES string of the molecule is CCOC(=O)C1CCN(CC2(COc3nc(N4CC5CCC(C4)N5C(=O)OC(C)(C)C)c4ccc(Br)c(F)c4n3)CC2)CC1. The van der Waals surface area contributed by atoms with Crippen molar-refractivity contribution in [3.05, 3.63) is 22.4 Å². The monoisotopic (exact) mass is 675 g/mol. The Morgan fingerprint density at radius 3 is 2.36 bits per heavy atom. The minimum absolute atomic E-state index is 0.00318. The number of likely N-dealkylation sites (tertiary alicyclic amines) is 1. The number of anilines is 1. The second-order valence-corrected chi connectivity index (χ2v) is 14.7. The molecule has 4 heterocycles. The molecule has 4 aliphatic rings. The molecule has 0 radical (unpaired) electrons. The molecule has 1 amide bonds. The number of aromatic nitrogens is 2. The van der Waals surface area contributed by atoms with Crippen LogP contribution in [-0.2, 0) is 14.3 Å². The van der Waals surface area contributed by atoms with Gasteiger partial charge in [-0.05, 0) is 107 Å². The third kappa shape index (κ3) is 6.61. The Kier molecular flexibility index (Phi) is 8.69. The third-order valence-electron chi connectivity index (χ3n) is 9.34. The zero-order valence-corrected chi connectivity index (χ0v) is 27.7. The molecule has 2 unspecified atom stereocenters. The van der Waals surface area contributed by atoms with Crippen LogP contribution in [0.5, 0.6) is 6.01 Å². The number of ether oxygens (including phenoxy) is 3. The van der Waals surface area contributed by atoms with E-state index >= 15 is 4.39 Å². The number of piperazine rings is 1. The van der Waals surface area contributed by atoms with Gasteiger partial charge in [-0.15, -0.1) is 0 Å². The summed E-state index contributed by atoms with van der Waals surface area (Å²) in [6.45, 7) is 12.1. The topological polar surface area (TPSA) is 97.3 Å². The van der Waals surface area contributed by atoms with Gasteiger partial charge in [-0.2, -0.15) is 9.97 Å². The van der Waals surface area contributed by atoms with Gasteiger partial charge in [0.25, 0.3) is 0 Å². The molecule has 0 spiro atoms. The number of nitrogens with zero attached hydrogens (tertiary/aromatic N) is 5. The molecule has 6 rings (SSSR count). The summed E-state index contributed by atoms with van der Waals surface area (Å²) in [5, 5.41) is 0.619. The van der Waals surface area contributed by atoms with Crippen LogP contribution in [0.25, 0.3) is 10.9 Å². The van der Waals surface area contributed by atoms with E-state index in [-0.39, 0.29) is 47.0 Å². The molecule has 4 fully saturated rings. The summed E-state index contributed by atoms with van der Waals surface area (Å²) in [6.07, 6.45) is 5.19. The third-order valence-corrected chi connectivity index (χ3v) is 9.95. The fraction of sp³-hybridized carbons (Fsp3) is 0.688. The van der Waals surface area contributed by atoms with Crippen LogP contribution in [0.3, 0.4) is 0 Å². The van der Waals surface area contributed by atoms with Gasteiger partial charge in [0.15, 0.2) is 5.82 Å². The zero-order valence-electron chi connectivity index (χ0n) is 26.1. The van der Waals surface area contributed by atoms with E-state index in [0.717, 1.165) is 58.2 Å². The van der Waals surface area contributed by atoms with Gasteiger partial charge in [-0.25, -0.2) is 9.18 Å². The number of piperidine rings is 1. The van der Waals surface area contributed by atoms with Crippen LogP contribution >= 0.6 is 15.9 Å². The number of carbonyl (C=O) groups is 2. The van der Waals surface area contributed by atoms with E-state index < -0.39 is 11.4 Å². The van der Waals surface area contributed by atoms with Crippen LogP contribution in [0.1, 0.15) is 66.2 Å². The molecule has 3 aliphatic heterocycles. The highest BCUT2D eigenvalue weighted by molar-refractivity contribution is 9.10. The van der Waals surface area contributed by atoms with E-state index in [1.807, 2.05) is 38.7 Å². The van der Waals surface area contributed by atoms with Crippen molar-refractivity contribution in [3.63, 3.8) is 0 Å². The van der Waals surface area contributed by atoms with Crippen LogP contribution < -0.4 is 9.64 Å². The number of benzene rings is 1. The summed E-state index contributed by atoms with van der Waals surface area (Å²) in [5.74, 6) is 0.0801. The highest BCUT2D eigenvalue weighted by Crippen LogP contribution is 2.47. The Bertz CT molecular complexity index is 1390.